The number of hydrogen-bond acceptors (Lipinski definition) is 3. The summed E-state index contributed by atoms with van der Waals surface area (Å²) in [4.78, 5) is -0.417. The van der Waals surface area contributed by atoms with Crippen LogP contribution in [0, 0.1) is 17.6 Å². The largest absolute Gasteiger partial charge is 0.464 e. The van der Waals surface area contributed by atoms with Crippen molar-refractivity contribution in [3.8, 4) is 0 Å². The molecule has 1 saturated carbocycles. The van der Waals surface area contributed by atoms with E-state index in [0.717, 1.165) is 28.6 Å². The van der Waals surface area contributed by atoms with Gasteiger partial charge in [0.2, 0.25) is 10.0 Å². The van der Waals surface area contributed by atoms with Gasteiger partial charge in [0, 0.05) is 19.0 Å². The van der Waals surface area contributed by atoms with Gasteiger partial charge in [0.25, 0.3) is 0 Å². The molecular weight excluding hydrogens is 324 g/mol. The van der Waals surface area contributed by atoms with Gasteiger partial charge in [0.05, 0.1) is 11.4 Å². The molecule has 0 N–H and O–H groups in total. The van der Waals surface area contributed by atoms with E-state index >= 15 is 0 Å². The molecule has 4 nitrogen and oxygen atoms in total. The van der Waals surface area contributed by atoms with E-state index in [0.29, 0.717) is 23.7 Å². The van der Waals surface area contributed by atoms with Crippen LogP contribution in [0.2, 0.25) is 0 Å². The van der Waals surface area contributed by atoms with Crippen LogP contribution in [-0.4, -0.2) is 19.8 Å². The fraction of sp³-hybridized carbons (Fsp3) is 0.375. The summed E-state index contributed by atoms with van der Waals surface area (Å²) in [5.41, 5.74) is 0. The van der Waals surface area contributed by atoms with Crippen LogP contribution in [0.3, 0.4) is 0 Å². The van der Waals surface area contributed by atoms with Crippen LogP contribution in [0.5, 0.6) is 0 Å². The Bertz CT molecular complexity index is 811. The summed E-state index contributed by atoms with van der Waals surface area (Å²) in [5.74, 6) is 0.491. The predicted molar refractivity (Wildman–Crippen MR) is 80.2 cm³/mol. The molecule has 2 atom stereocenters. The number of nitrogens with zero attached hydrogens (tertiary/aromatic N) is 1. The van der Waals surface area contributed by atoms with Crippen molar-refractivity contribution in [3.63, 3.8) is 0 Å². The molecule has 0 saturated heterocycles. The quantitative estimate of drug-likeness (QED) is 0.836. The highest BCUT2D eigenvalue weighted by molar-refractivity contribution is 7.89. The van der Waals surface area contributed by atoms with Crippen LogP contribution >= 0.6 is 0 Å². The summed E-state index contributed by atoms with van der Waals surface area (Å²) < 4.78 is 58.0. The van der Waals surface area contributed by atoms with Gasteiger partial charge in [-0.15, -0.1) is 0 Å². The fourth-order valence-corrected chi connectivity index (χ4v) is 3.74. The lowest BCUT2D eigenvalue weighted by Crippen LogP contribution is -2.26. The Morgan fingerprint density at radius 2 is 1.83 bits per heavy atom. The Hall–Kier alpha value is -1.73. The minimum absolute atomic E-state index is 0.00155. The third-order valence-electron chi connectivity index (χ3n) is 4.08. The van der Waals surface area contributed by atoms with Crippen molar-refractivity contribution >= 4 is 10.0 Å². The summed E-state index contributed by atoms with van der Waals surface area (Å²) in [6.45, 7) is 2.13. The summed E-state index contributed by atoms with van der Waals surface area (Å²) in [6, 6.07) is 5.82. The Morgan fingerprint density at radius 3 is 2.39 bits per heavy atom. The summed E-state index contributed by atoms with van der Waals surface area (Å²) in [6.07, 6.45) is 1.07. The number of furan rings is 1. The molecule has 1 aromatic heterocycles. The van der Waals surface area contributed by atoms with E-state index in [4.69, 9.17) is 4.42 Å². The van der Waals surface area contributed by atoms with Gasteiger partial charge in [-0.05, 0) is 36.6 Å². The standard InChI is InChI=1S/C16H17F2NO3S/c1-10-5-15(10)16-4-3-13(22-16)9-19(2)23(20,21)14-7-11(17)6-12(18)8-14/h3-4,6-8,10,15H,5,9H2,1-2H3/t10-,15+/m1/s1. The number of hydrogen-bond donors (Lipinski definition) is 0. The molecular formula is C16H17F2NO3S. The van der Waals surface area contributed by atoms with Gasteiger partial charge >= 0.3 is 0 Å². The van der Waals surface area contributed by atoms with Gasteiger partial charge in [-0.1, -0.05) is 6.92 Å². The van der Waals surface area contributed by atoms with Crippen LogP contribution in [0.25, 0.3) is 0 Å². The lowest BCUT2D eigenvalue weighted by molar-refractivity contribution is 0.389. The Labute approximate surface area is 133 Å². The second kappa shape index (κ2) is 5.72. The second-order valence-electron chi connectivity index (χ2n) is 5.99. The minimum atomic E-state index is -3.99. The average molecular weight is 341 g/mol. The van der Waals surface area contributed by atoms with Gasteiger partial charge in [0.15, 0.2) is 0 Å². The van der Waals surface area contributed by atoms with Crippen molar-refractivity contribution in [2.45, 2.75) is 30.7 Å². The zero-order valence-electron chi connectivity index (χ0n) is 12.8. The molecule has 0 spiro atoms. The monoisotopic (exact) mass is 341 g/mol. The van der Waals surface area contributed by atoms with Crippen molar-refractivity contribution < 1.29 is 21.6 Å². The minimum Gasteiger partial charge on any atom is -0.464 e. The van der Waals surface area contributed by atoms with Crippen LogP contribution in [0.15, 0.2) is 39.6 Å². The second-order valence-corrected chi connectivity index (χ2v) is 8.03. The van der Waals surface area contributed by atoms with E-state index in [9.17, 15) is 17.2 Å². The highest BCUT2D eigenvalue weighted by atomic mass is 32.2. The molecule has 0 unspecified atom stereocenters. The number of sulfonamides is 1. The SMILES string of the molecule is C[C@@H]1C[C@@H]1c1ccc(CN(C)S(=O)(=O)c2cc(F)cc(F)c2)o1. The van der Waals surface area contributed by atoms with Gasteiger partial charge in [-0.3, -0.25) is 0 Å². The molecule has 1 aliphatic carbocycles. The third kappa shape index (κ3) is 3.30. The smallest absolute Gasteiger partial charge is 0.243 e. The maximum atomic E-state index is 13.2. The van der Waals surface area contributed by atoms with Crippen molar-refractivity contribution in [1.29, 1.82) is 0 Å². The first-order valence-electron chi connectivity index (χ1n) is 7.28. The first-order valence-corrected chi connectivity index (χ1v) is 8.72. The Morgan fingerprint density at radius 1 is 1.22 bits per heavy atom. The van der Waals surface area contributed by atoms with Crippen molar-refractivity contribution in [1.82, 2.24) is 4.31 Å². The Balaban J connectivity index is 1.78. The van der Waals surface area contributed by atoms with Crippen LogP contribution < -0.4 is 0 Å². The van der Waals surface area contributed by atoms with E-state index in [1.165, 1.54) is 7.05 Å². The molecule has 1 aliphatic rings. The molecule has 0 radical (unpaired) electrons. The van der Waals surface area contributed by atoms with Crippen molar-refractivity contribution in [3.05, 3.63) is 53.5 Å². The molecule has 1 fully saturated rings. The van der Waals surface area contributed by atoms with Gasteiger partial charge < -0.3 is 4.42 Å². The van der Waals surface area contributed by atoms with Gasteiger partial charge in [-0.25, -0.2) is 17.2 Å². The number of benzene rings is 1. The van der Waals surface area contributed by atoms with Crippen LogP contribution in [0.1, 0.15) is 30.8 Å². The number of rotatable bonds is 5. The molecule has 124 valence electrons. The topological polar surface area (TPSA) is 50.5 Å². The van der Waals surface area contributed by atoms with Crippen LogP contribution in [0.4, 0.5) is 8.78 Å². The highest BCUT2D eigenvalue weighted by Gasteiger charge is 2.36. The van der Waals surface area contributed by atoms with Crippen LogP contribution in [-0.2, 0) is 16.6 Å². The summed E-state index contributed by atoms with van der Waals surface area (Å²) in [5, 5.41) is 0. The molecule has 1 aromatic carbocycles. The van der Waals surface area contributed by atoms with Gasteiger partial charge in [0.1, 0.15) is 23.2 Å². The van der Waals surface area contributed by atoms with E-state index in [1.54, 1.807) is 6.07 Å². The van der Waals surface area contributed by atoms with Crippen molar-refractivity contribution in [2.24, 2.45) is 5.92 Å². The molecule has 0 aliphatic heterocycles. The predicted octanol–water partition coefficient (Wildman–Crippen LogP) is 3.50. The fourth-order valence-electron chi connectivity index (χ4n) is 2.56. The summed E-state index contributed by atoms with van der Waals surface area (Å²) in [7, 11) is -2.65. The molecule has 0 bridgehead atoms. The summed E-state index contributed by atoms with van der Waals surface area (Å²) >= 11 is 0. The molecule has 7 heteroatoms. The normalized spacial score (nSPS) is 20.9. The van der Waals surface area contributed by atoms with E-state index < -0.39 is 26.6 Å². The molecule has 23 heavy (non-hydrogen) atoms. The highest BCUT2D eigenvalue weighted by Crippen LogP contribution is 2.47. The molecule has 3 rings (SSSR count). The maximum Gasteiger partial charge on any atom is 0.243 e. The lowest BCUT2D eigenvalue weighted by Gasteiger charge is -2.16. The van der Waals surface area contributed by atoms with Crippen molar-refractivity contribution in [2.75, 3.05) is 7.05 Å². The zero-order chi connectivity index (χ0) is 16.8. The number of halogens is 2. The van der Waals surface area contributed by atoms with E-state index in [2.05, 4.69) is 6.92 Å². The molecule has 0 amide bonds. The van der Waals surface area contributed by atoms with E-state index in [1.807, 2.05) is 6.07 Å². The molecule has 2 aromatic rings. The first-order chi connectivity index (χ1) is 10.8. The zero-order valence-corrected chi connectivity index (χ0v) is 13.6. The van der Waals surface area contributed by atoms with E-state index in [-0.39, 0.29) is 6.54 Å². The average Bonchev–Trinajstić information content (AvgIpc) is 3.01. The lowest BCUT2D eigenvalue weighted by atomic mass is 10.3. The first kappa shape index (κ1) is 16.1. The maximum absolute atomic E-state index is 13.2. The third-order valence-corrected chi connectivity index (χ3v) is 5.86. The Kier molecular flexibility index (Phi) is 4.01. The van der Waals surface area contributed by atoms with Gasteiger partial charge in [-0.2, -0.15) is 4.31 Å². The molecule has 1 heterocycles.